The second-order valence-electron chi connectivity index (χ2n) is 4.94. The van der Waals surface area contributed by atoms with Gasteiger partial charge in [-0.1, -0.05) is 23.3 Å². The normalized spacial score (nSPS) is 12.2. The molecule has 1 heterocycles. The van der Waals surface area contributed by atoms with Crippen LogP contribution in [0, 0.1) is 6.92 Å². The van der Waals surface area contributed by atoms with Gasteiger partial charge in [-0.15, -0.1) is 0 Å². The van der Waals surface area contributed by atoms with E-state index in [0.29, 0.717) is 17.2 Å². The average molecular weight is 291 g/mol. The number of aromatic nitrogens is 2. The van der Waals surface area contributed by atoms with Crippen LogP contribution in [0.4, 0.5) is 0 Å². The van der Waals surface area contributed by atoms with Gasteiger partial charge in [-0.25, -0.2) is 4.63 Å². The summed E-state index contributed by atoms with van der Waals surface area (Å²) >= 11 is 0. The van der Waals surface area contributed by atoms with E-state index in [9.17, 15) is 0 Å². The third-order valence-electron chi connectivity index (χ3n) is 3.36. The number of nitrogens with two attached hydrogens (primary N) is 1. The smallest absolute Gasteiger partial charge is 0.162 e. The minimum absolute atomic E-state index is 0.147. The molecule has 1 aromatic carbocycles. The topological polar surface area (TPSA) is 83.4 Å². The van der Waals surface area contributed by atoms with E-state index in [1.807, 2.05) is 25.1 Å². The van der Waals surface area contributed by atoms with Crippen molar-refractivity contribution in [2.45, 2.75) is 39.3 Å². The van der Waals surface area contributed by atoms with Crippen molar-refractivity contribution < 1.29 is 14.1 Å². The Labute approximate surface area is 124 Å². The summed E-state index contributed by atoms with van der Waals surface area (Å²) in [5.74, 6) is 1.35. The molecule has 0 aliphatic rings. The summed E-state index contributed by atoms with van der Waals surface area (Å²) in [5, 5.41) is 7.52. The van der Waals surface area contributed by atoms with Crippen molar-refractivity contribution in [3.05, 3.63) is 35.2 Å². The van der Waals surface area contributed by atoms with Crippen molar-refractivity contribution in [1.29, 1.82) is 0 Å². The van der Waals surface area contributed by atoms with Crippen LogP contribution < -0.4 is 15.2 Å². The summed E-state index contributed by atoms with van der Waals surface area (Å²) in [6, 6.07) is 6.00. The van der Waals surface area contributed by atoms with E-state index in [2.05, 4.69) is 21.9 Å². The zero-order valence-electron chi connectivity index (χ0n) is 12.6. The number of hydrogen-bond acceptors (Lipinski definition) is 6. The van der Waals surface area contributed by atoms with Gasteiger partial charge in [0.1, 0.15) is 18.0 Å². The molecule has 1 unspecified atom stereocenters. The molecule has 6 nitrogen and oxygen atoms in total. The van der Waals surface area contributed by atoms with Gasteiger partial charge < -0.3 is 15.2 Å². The quantitative estimate of drug-likeness (QED) is 0.842. The Morgan fingerprint density at radius 1 is 1.29 bits per heavy atom. The van der Waals surface area contributed by atoms with E-state index in [1.54, 1.807) is 7.11 Å². The fourth-order valence-corrected chi connectivity index (χ4v) is 1.93. The highest BCUT2D eigenvalue weighted by atomic mass is 16.6. The molecule has 114 valence electrons. The molecule has 0 amide bonds. The van der Waals surface area contributed by atoms with E-state index in [-0.39, 0.29) is 12.6 Å². The van der Waals surface area contributed by atoms with Crippen molar-refractivity contribution >= 4 is 0 Å². The van der Waals surface area contributed by atoms with Crippen molar-refractivity contribution in [3.8, 4) is 11.5 Å². The summed E-state index contributed by atoms with van der Waals surface area (Å²) in [4.78, 5) is 0. The number of methoxy groups -OCH3 is 1. The highest BCUT2D eigenvalue weighted by Gasteiger charge is 2.11. The highest BCUT2D eigenvalue weighted by molar-refractivity contribution is 5.43. The van der Waals surface area contributed by atoms with Crippen molar-refractivity contribution in [1.82, 2.24) is 10.3 Å². The van der Waals surface area contributed by atoms with Crippen LogP contribution in [-0.4, -0.2) is 23.5 Å². The molecule has 2 aromatic rings. The number of ether oxygens (including phenoxy) is 2. The maximum atomic E-state index is 5.99. The molecule has 0 radical (unpaired) electrons. The molecule has 21 heavy (non-hydrogen) atoms. The van der Waals surface area contributed by atoms with E-state index in [4.69, 9.17) is 15.2 Å². The fourth-order valence-electron chi connectivity index (χ4n) is 1.93. The number of benzene rings is 1. The molecular weight excluding hydrogens is 270 g/mol. The molecular formula is C15H21N3O3. The van der Waals surface area contributed by atoms with Crippen LogP contribution in [0.1, 0.15) is 30.3 Å². The van der Waals surface area contributed by atoms with Gasteiger partial charge in [-0.3, -0.25) is 0 Å². The lowest BCUT2D eigenvalue weighted by atomic mass is 10.0. The van der Waals surface area contributed by atoms with Gasteiger partial charge in [-0.2, -0.15) is 0 Å². The Kier molecular flexibility index (Phi) is 5.16. The standard InChI is InChI=1S/C15H21N3O3/c1-4-12(16)7-11-5-6-14(19-3)15(8-11)20-9-13-10(2)17-21-18-13/h5-6,8,12H,4,7,9,16H2,1-3H3. The number of aryl methyl sites for hydroxylation is 1. The SMILES string of the molecule is CCC(N)Cc1ccc(OC)c(OCc2nonc2C)c1. The third-order valence-corrected chi connectivity index (χ3v) is 3.36. The Morgan fingerprint density at radius 2 is 2.10 bits per heavy atom. The minimum atomic E-state index is 0.147. The monoisotopic (exact) mass is 291 g/mol. The Bertz CT molecular complexity index is 583. The van der Waals surface area contributed by atoms with Gasteiger partial charge in [0.25, 0.3) is 0 Å². The molecule has 0 saturated heterocycles. The van der Waals surface area contributed by atoms with Gasteiger partial charge in [0.2, 0.25) is 0 Å². The van der Waals surface area contributed by atoms with Crippen LogP contribution >= 0.6 is 0 Å². The third kappa shape index (κ3) is 3.95. The molecule has 0 aliphatic heterocycles. The molecule has 0 bridgehead atoms. The maximum absolute atomic E-state index is 5.99. The summed E-state index contributed by atoms with van der Waals surface area (Å²) in [7, 11) is 1.61. The van der Waals surface area contributed by atoms with Crippen LogP contribution in [0.25, 0.3) is 0 Å². The summed E-state index contributed by atoms with van der Waals surface area (Å²) in [5.41, 5.74) is 8.51. The van der Waals surface area contributed by atoms with Crippen LogP contribution in [0.15, 0.2) is 22.8 Å². The van der Waals surface area contributed by atoms with Crippen molar-refractivity contribution in [2.75, 3.05) is 7.11 Å². The lowest BCUT2D eigenvalue weighted by Crippen LogP contribution is -2.21. The molecule has 0 spiro atoms. The first-order valence-electron chi connectivity index (χ1n) is 6.97. The summed E-state index contributed by atoms with van der Waals surface area (Å²) < 4.78 is 15.8. The average Bonchev–Trinajstić information content (AvgIpc) is 2.90. The van der Waals surface area contributed by atoms with Gasteiger partial charge in [-0.05, 0) is 37.5 Å². The van der Waals surface area contributed by atoms with Gasteiger partial charge in [0.05, 0.1) is 7.11 Å². The van der Waals surface area contributed by atoms with Crippen LogP contribution in [0.3, 0.4) is 0 Å². The Hall–Kier alpha value is -2.08. The number of nitrogens with zero attached hydrogens (tertiary/aromatic N) is 2. The van der Waals surface area contributed by atoms with E-state index in [1.165, 1.54) is 0 Å². The molecule has 1 aromatic heterocycles. The first-order valence-corrected chi connectivity index (χ1v) is 6.97. The largest absolute Gasteiger partial charge is 0.493 e. The van der Waals surface area contributed by atoms with E-state index in [0.717, 1.165) is 24.1 Å². The second kappa shape index (κ2) is 7.08. The van der Waals surface area contributed by atoms with Crippen molar-refractivity contribution in [3.63, 3.8) is 0 Å². The first kappa shape index (κ1) is 15.3. The molecule has 1 atom stereocenters. The minimum Gasteiger partial charge on any atom is -0.493 e. The van der Waals surface area contributed by atoms with Gasteiger partial charge >= 0.3 is 0 Å². The van der Waals surface area contributed by atoms with Crippen LogP contribution in [0.2, 0.25) is 0 Å². The molecule has 6 heteroatoms. The fraction of sp³-hybridized carbons (Fsp3) is 0.467. The second-order valence-corrected chi connectivity index (χ2v) is 4.94. The number of rotatable bonds is 7. The van der Waals surface area contributed by atoms with Gasteiger partial charge in [0.15, 0.2) is 11.5 Å². The Morgan fingerprint density at radius 3 is 2.71 bits per heavy atom. The van der Waals surface area contributed by atoms with E-state index >= 15 is 0 Å². The zero-order valence-corrected chi connectivity index (χ0v) is 12.6. The zero-order chi connectivity index (χ0) is 15.2. The molecule has 0 aliphatic carbocycles. The molecule has 2 rings (SSSR count). The Balaban J connectivity index is 2.12. The summed E-state index contributed by atoms with van der Waals surface area (Å²) in [6.45, 7) is 4.18. The predicted octanol–water partition coefficient (Wildman–Crippen LogP) is 2.25. The van der Waals surface area contributed by atoms with Crippen LogP contribution in [0.5, 0.6) is 11.5 Å². The van der Waals surface area contributed by atoms with Gasteiger partial charge in [0, 0.05) is 6.04 Å². The first-order chi connectivity index (χ1) is 10.1. The van der Waals surface area contributed by atoms with Crippen molar-refractivity contribution in [2.24, 2.45) is 5.73 Å². The highest BCUT2D eigenvalue weighted by Crippen LogP contribution is 2.29. The molecule has 2 N–H and O–H groups in total. The lowest BCUT2D eigenvalue weighted by molar-refractivity contribution is 0.260. The molecule has 0 saturated carbocycles. The summed E-state index contributed by atoms with van der Waals surface area (Å²) in [6.07, 6.45) is 1.74. The van der Waals surface area contributed by atoms with E-state index < -0.39 is 0 Å². The molecule has 0 fully saturated rings. The lowest BCUT2D eigenvalue weighted by Gasteiger charge is -2.13. The number of hydrogen-bond donors (Lipinski definition) is 1. The van der Waals surface area contributed by atoms with Crippen LogP contribution in [-0.2, 0) is 13.0 Å². The predicted molar refractivity (Wildman–Crippen MR) is 78.3 cm³/mol. The maximum Gasteiger partial charge on any atom is 0.162 e.